The fourth-order valence-electron chi connectivity index (χ4n) is 1.49. The number of aromatic nitrogens is 2. The summed E-state index contributed by atoms with van der Waals surface area (Å²) in [6.45, 7) is 1.78. The number of thiazole rings is 1. The maximum Gasteiger partial charge on any atom is 0.352 e. The molecule has 2 aromatic rings. The van der Waals surface area contributed by atoms with E-state index in [0.29, 0.717) is 12.1 Å². The first-order chi connectivity index (χ1) is 8.08. The van der Waals surface area contributed by atoms with Crippen LogP contribution in [0.1, 0.15) is 32.8 Å². The second-order valence-corrected chi connectivity index (χ2v) is 4.51. The highest BCUT2D eigenvalue weighted by molar-refractivity contribution is 7.09. The number of hydrogen-bond donors (Lipinski definition) is 1. The lowest BCUT2D eigenvalue weighted by Crippen LogP contribution is -2.08. The first kappa shape index (κ1) is 11.5. The number of ketones is 1. The summed E-state index contributed by atoms with van der Waals surface area (Å²) in [5.74, 6) is -1.19. The van der Waals surface area contributed by atoms with E-state index >= 15 is 0 Å². The Morgan fingerprint density at radius 2 is 2.29 bits per heavy atom. The van der Waals surface area contributed by atoms with Crippen molar-refractivity contribution in [2.45, 2.75) is 13.5 Å². The third-order valence-corrected chi connectivity index (χ3v) is 3.08. The van der Waals surface area contributed by atoms with Gasteiger partial charge < -0.3 is 9.67 Å². The molecule has 0 radical (unpaired) electrons. The summed E-state index contributed by atoms with van der Waals surface area (Å²) in [5.41, 5.74) is 0.504. The van der Waals surface area contributed by atoms with Gasteiger partial charge in [0, 0.05) is 23.3 Å². The Balaban J connectivity index is 2.37. The molecule has 0 fully saturated rings. The van der Waals surface area contributed by atoms with E-state index in [4.69, 9.17) is 5.11 Å². The van der Waals surface area contributed by atoms with Crippen molar-refractivity contribution in [3.8, 4) is 0 Å². The van der Waals surface area contributed by atoms with Gasteiger partial charge in [-0.15, -0.1) is 11.3 Å². The molecule has 2 heterocycles. The van der Waals surface area contributed by atoms with Gasteiger partial charge in [-0.3, -0.25) is 4.79 Å². The first-order valence-corrected chi connectivity index (χ1v) is 5.78. The first-order valence-electron chi connectivity index (χ1n) is 4.90. The Morgan fingerprint density at radius 1 is 1.53 bits per heavy atom. The van der Waals surface area contributed by atoms with Crippen molar-refractivity contribution in [3.05, 3.63) is 40.1 Å². The van der Waals surface area contributed by atoms with Crippen LogP contribution in [0.25, 0.3) is 0 Å². The SMILES string of the molecule is CC(=O)c1cc(C(=O)O)n(Cc2nccs2)c1. The molecule has 6 heteroatoms. The summed E-state index contributed by atoms with van der Waals surface area (Å²) in [5, 5.41) is 11.7. The Bertz CT molecular complexity index is 557. The van der Waals surface area contributed by atoms with E-state index in [2.05, 4.69) is 4.98 Å². The third-order valence-electron chi connectivity index (χ3n) is 2.31. The Morgan fingerprint density at radius 3 is 2.82 bits per heavy atom. The van der Waals surface area contributed by atoms with Crippen molar-refractivity contribution in [1.29, 1.82) is 0 Å². The van der Waals surface area contributed by atoms with Crippen LogP contribution >= 0.6 is 11.3 Å². The van der Waals surface area contributed by atoms with E-state index in [1.165, 1.54) is 28.9 Å². The number of nitrogens with zero attached hydrogens (tertiary/aromatic N) is 2. The fraction of sp³-hybridized carbons (Fsp3) is 0.182. The predicted octanol–water partition coefficient (Wildman–Crippen LogP) is 1.89. The second kappa shape index (κ2) is 4.50. The highest BCUT2D eigenvalue weighted by atomic mass is 32.1. The summed E-state index contributed by atoms with van der Waals surface area (Å²) < 4.78 is 1.53. The predicted molar refractivity (Wildman–Crippen MR) is 62.6 cm³/mol. The van der Waals surface area contributed by atoms with E-state index in [-0.39, 0.29) is 11.5 Å². The standard InChI is InChI=1S/C11H10N2O3S/c1-7(14)8-4-9(11(15)16)13(5-8)6-10-12-2-3-17-10/h2-5H,6H2,1H3,(H,15,16). The second-order valence-electron chi connectivity index (χ2n) is 3.53. The molecule has 0 saturated heterocycles. The highest BCUT2D eigenvalue weighted by Gasteiger charge is 2.15. The quantitative estimate of drug-likeness (QED) is 0.841. The van der Waals surface area contributed by atoms with Gasteiger partial charge in [-0.25, -0.2) is 9.78 Å². The van der Waals surface area contributed by atoms with E-state index in [9.17, 15) is 9.59 Å². The molecule has 88 valence electrons. The number of carbonyl (C=O) groups excluding carboxylic acids is 1. The van der Waals surface area contributed by atoms with Crippen LogP contribution in [0.5, 0.6) is 0 Å². The van der Waals surface area contributed by atoms with Crippen LogP contribution in [0.3, 0.4) is 0 Å². The van der Waals surface area contributed by atoms with E-state index < -0.39 is 5.97 Å². The zero-order valence-corrected chi connectivity index (χ0v) is 9.90. The molecule has 0 unspecified atom stereocenters. The van der Waals surface area contributed by atoms with Gasteiger partial charge in [0.05, 0.1) is 6.54 Å². The lowest BCUT2D eigenvalue weighted by atomic mass is 10.2. The Kier molecular flexibility index (Phi) is 3.06. The molecule has 2 rings (SSSR count). The summed E-state index contributed by atoms with van der Waals surface area (Å²) in [6.07, 6.45) is 3.21. The summed E-state index contributed by atoms with van der Waals surface area (Å²) >= 11 is 1.45. The monoisotopic (exact) mass is 250 g/mol. The van der Waals surface area contributed by atoms with Crippen molar-refractivity contribution < 1.29 is 14.7 Å². The van der Waals surface area contributed by atoms with Crippen LogP contribution in [-0.2, 0) is 6.54 Å². The maximum atomic E-state index is 11.2. The third kappa shape index (κ3) is 2.42. The number of Topliss-reactive ketones (excluding diaryl/α,β-unsaturated/α-hetero) is 1. The van der Waals surface area contributed by atoms with Crippen molar-refractivity contribution >= 4 is 23.1 Å². The van der Waals surface area contributed by atoms with E-state index in [1.54, 1.807) is 12.4 Å². The molecule has 5 nitrogen and oxygen atoms in total. The van der Waals surface area contributed by atoms with Crippen LogP contribution < -0.4 is 0 Å². The van der Waals surface area contributed by atoms with Crippen molar-refractivity contribution in [2.24, 2.45) is 0 Å². The number of rotatable bonds is 4. The number of carboxylic acids is 1. The molecule has 1 N–H and O–H groups in total. The van der Waals surface area contributed by atoms with Gasteiger partial charge in [0.1, 0.15) is 10.7 Å². The molecule has 17 heavy (non-hydrogen) atoms. The van der Waals surface area contributed by atoms with Gasteiger partial charge in [-0.1, -0.05) is 0 Å². The van der Waals surface area contributed by atoms with Crippen LogP contribution in [0, 0.1) is 0 Å². The van der Waals surface area contributed by atoms with Crippen LogP contribution in [0.2, 0.25) is 0 Å². The molecule has 0 atom stereocenters. The average molecular weight is 250 g/mol. The van der Waals surface area contributed by atoms with Crippen LogP contribution in [0.4, 0.5) is 0 Å². The topological polar surface area (TPSA) is 72.2 Å². The molecular weight excluding hydrogens is 240 g/mol. The molecule has 0 aromatic carbocycles. The molecular formula is C11H10N2O3S. The Labute approximate surface area is 101 Å². The summed E-state index contributed by atoms with van der Waals surface area (Å²) in [4.78, 5) is 26.3. The molecule has 0 saturated carbocycles. The van der Waals surface area contributed by atoms with Gasteiger partial charge in [-0.2, -0.15) is 0 Å². The summed E-state index contributed by atoms with van der Waals surface area (Å²) in [6, 6.07) is 1.39. The Hall–Kier alpha value is -1.95. The number of aromatic carboxylic acids is 1. The molecule has 0 aliphatic carbocycles. The van der Waals surface area contributed by atoms with Crippen LogP contribution in [-0.4, -0.2) is 26.4 Å². The number of hydrogen-bond acceptors (Lipinski definition) is 4. The van der Waals surface area contributed by atoms with Gasteiger partial charge in [0.15, 0.2) is 5.78 Å². The molecule has 0 bridgehead atoms. The minimum atomic E-state index is -1.05. The lowest BCUT2D eigenvalue weighted by molar-refractivity contribution is 0.0685. The minimum Gasteiger partial charge on any atom is -0.477 e. The minimum absolute atomic E-state index is 0.102. The molecule has 0 aliphatic rings. The zero-order chi connectivity index (χ0) is 12.4. The number of carboxylic acid groups (broad SMARTS) is 1. The largest absolute Gasteiger partial charge is 0.477 e. The van der Waals surface area contributed by atoms with Gasteiger partial charge in [0.2, 0.25) is 0 Å². The highest BCUT2D eigenvalue weighted by Crippen LogP contribution is 2.14. The lowest BCUT2D eigenvalue weighted by Gasteiger charge is -2.02. The fourth-order valence-corrected chi connectivity index (χ4v) is 2.10. The smallest absolute Gasteiger partial charge is 0.352 e. The molecule has 2 aromatic heterocycles. The molecule has 0 amide bonds. The summed E-state index contributed by atoms with van der Waals surface area (Å²) in [7, 11) is 0. The number of carbonyl (C=O) groups is 2. The van der Waals surface area contributed by atoms with E-state index in [0.717, 1.165) is 5.01 Å². The van der Waals surface area contributed by atoms with Crippen molar-refractivity contribution in [3.63, 3.8) is 0 Å². The molecule has 0 spiro atoms. The average Bonchev–Trinajstić information content (AvgIpc) is 2.87. The zero-order valence-electron chi connectivity index (χ0n) is 9.08. The van der Waals surface area contributed by atoms with Gasteiger partial charge >= 0.3 is 5.97 Å². The van der Waals surface area contributed by atoms with E-state index in [1.807, 2.05) is 5.38 Å². The normalized spacial score (nSPS) is 10.4. The molecule has 0 aliphatic heterocycles. The van der Waals surface area contributed by atoms with Crippen LogP contribution in [0.15, 0.2) is 23.8 Å². The van der Waals surface area contributed by atoms with Crippen molar-refractivity contribution in [1.82, 2.24) is 9.55 Å². The van der Waals surface area contributed by atoms with Gasteiger partial charge in [-0.05, 0) is 13.0 Å². The maximum absolute atomic E-state index is 11.2. The van der Waals surface area contributed by atoms with Crippen molar-refractivity contribution in [2.75, 3.05) is 0 Å². The van der Waals surface area contributed by atoms with Gasteiger partial charge in [0.25, 0.3) is 0 Å².